The minimum Gasteiger partial charge on any atom is -1.00 e. The summed E-state index contributed by atoms with van der Waals surface area (Å²) in [5, 5.41) is 0. The Hall–Kier alpha value is 0.917. The fourth-order valence-electron chi connectivity index (χ4n) is 0. The van der Waals surface area contributed by atoms with Gasteiger partial charge in [-0.15, -0.1) is 6.58 Å². The molecule has 0 heterocycles. The largest absolute Gasteiger partial charge is 1.00 e. The topological polar surface area (TPSA) is 20.2 Å². The maximum Gasteiger partial charge on any atom is 1.00 e. The summed E-state index contributed by atoms with van der Waals surface area (Å²) in [6.07, 6.45) is 0. The van der Waals surface area contributed by atoms with Gasteiger partial charge in [0.1, 0.15) is 0 Å². The predicted octanol–water partition coefficient (Wildman–Crippen LogP) is -1.97. The molecule has 0 fully saturated rings. The fraction of sp³-hybridized carbons (Fsp3) is 0.500. The van der Waals surface area contributed by atoms with Crippen LogP contribution in [0.5, 0.6) is 0 Å². The van der Waals surface area contributed by atoms with Crippen LogP contribution in [0, 0.1) is 0 Å². The first-order chi connectivity index (χ1) is 2.56. The van der Waals surface area contributed by atoms with Gasteiger partial charge in [0, 0.05) is 0 Å². The van der Waals surface area contributed by atoms with E-state index in [0.29, 0.717) is 0 Å². The molecule has 7 heavy (non-hydrogen) atoms. The zero-order valence-electron chi connectivity index (χ0n) is 6.23. The van der Waals surface area contributed by atoms with Crippen molar-refractivity contribution in [2.24, 2.45) is 0 Å². The standard InChI is InChI=1S/C4H10OSi.Na.H/c1-4-6(2,3)5;;/h4-5H,1H2,2-3H3;;/q;+1;-1. The Morgan fingerprint density at radius 1 is 1.71 bits per heavy atom. The molecule has 1 nitrogen and oxygen atoms in total. The van der Waals surface area contributed by atoms with E-state index in [1.165, 1.54) is 0 Å². The van der Waals surface area contributed by atoms with Crippen molar-refractivity contribution in [2.45, 2.75) is 13.1 Å². The quantitative estimate of drug-likeness (QED) is 0.404. The van der Waals surface area contributed by atoms with Crippen LogP contribution in [0.25, 0.3) is 0 Å². The van der Waals surface area contributed by atoms with Gasteiger partial charge in [0.05, 0.1) is 0 Å². The molecule has 0 aromatic heterocycles. The van der Waals surface area contributed by atoms with Crippen molar-refractivity contribution in [3.63, 3.8) is 0 Å². The van der Waals surface area contributed by atoms with Gasteiger partial charge in [-0.25, -0.2) is 0 Å². The van der Waals surface area contributed by atoms with Gasteiger partial charge < -0.3 is 6.22 Å². The molecule has 0 saturated heterocycles. The summed E-state index contributed by atoms with van der Waals surface area (Å²) >= 11 is 0. The molecule has 0 atom stereocenters. The van der Waals surface area contributed by atoms with Crippen molar-refractivity contribution in [3.8, 4) is 0 Å². The smallest absolute Gasteiger partial charge is 1.00 e. The predicted molar refractivity (Wildman–Crippen MR) is 31.0 cm³/mol. The molecule has 3 heteroatoms. The van der Waals surface area contributed by atoms with Gasteiger partial charge in [-0.3, -0.25) is 0 Å². The molecular formula is C4H11NaOSi. The minimum absolute atomic E-state index is 0. The summed E-state index contributed by atoms with van der Waals surface area (Å²) in [5.74, 6) is 0. The molecule has 0 unspecified atom stereocenters. The Labute approximate surface area is 69.3 Å². The molecule has 0 radical (unpaired) electrons. The summed E-state index contributed by atoms with van der Waals surface area (Å²) in [6.45, 7) is 7.08. The van der Waals surface area contributed by atoms with Gasteiger partial charge in [0.15, 0.2) is 0 Å². The van der Waals surface area contributed by atoms with E-state index in [2.05, 4.69) is 6.58 Å². The maximum atomic E-state index is 8.85. The summed E-state index contributed by atoms with van der Waals surface area (Å²) in [5.41, 5.74) is 1.63. The molecule has 0 amide bonds. The van der Waals surface area contributed by atoms with E-state index >= 15 is 0 Å². The van der Waals surface area contributed by atoms with Crippen molar-refractivity contribution >= 4 is 8.32 Å². The SMILES string of the molecule is C=C[Si](C)(C)O.[H-].[Na+]. The van der Waals surface area contributed by atoms with Crippen LogP contribution < -0.4 is 29.6 Å². The Morgan fingerprint density at radius 3 is 1.86 bits per heavy atom. The first kappa shape index (κ1) is 10.8. The van der Waals surface area contributed by atoms with Gasteiger partial charge >= 0.3 is 29.6 Å². The van der Waals surface area contributed by atoms with Gasteiger partial charge in [-0.1, -0.05) is 5.70 Å². The van der Waals surface area contributed by atoms with Crippen LogP contribution in [0.2, 0.25) is 13.1 Å². The molecule has 0 aromatic carbocycles. The second kappa shape index (κ2) is 3.86. The first-order valence-corrected chi connectivity index (χ1v) is 4.95. The Balaban J connectivity index is -0.000000125. The van der Waals surface area contributed by atoms with Crippen LogP contribution in [0.3, 0.4) is 0 Å². The van der Waals surface area contributed by atoms with E-state index in [1.807, 2.05) is 13.1 Å². The van der Waals surface area contributed by atoms with Gasteiger partial charge in [-0.2, -0.15) is 0 Å². The van der Waals surface area contributed by atoms with Crippen molar-refractivity contribution in [1.82, 2.24) is 0 Å². The Morgan fingerprint density at radius 2 is 1.86 bits per heavy atom. The first-order valence-electron chi connectivity index (χ1n) is 1.92. The second-order valence-corrected chi connectivity index (χ2v) is 5.57. The van der Waals surface area contributed by atoms with E-state index in [4.69, 9.17) is 4.80 Å². The zero-order valence-corrected chi connectivity index (χ0v) is 8.23. The van der Waals surface area contributed by atoms with Crippen molar-refractivity contribution in [1.29, 1.82) is 0 Å². The molecule has 0 aliphatic rings. The van der Waals surface area contributed by atoms with Gasteiger partial charge in [0.2, 0.25) is 8.32 Å². The number of hydrogen-bond acceptors (Lipinski definition) is 1. The fourth-order valence-corrected chi connectivity index (χ4v) is 0. The minimum atomic E-state index is -1.87. The monoisotopic (exact) mass is 126 g/mol. The molecule has 0 aromatic rings. The van der Waals surface area contributed by atoms with Gasteiger partial charge in [-0.05, 0) is 13.1 Å². The maximum absolute atomic E-state index is 8.85. The molecule has 1 N–H and O–H groups in total. The molecule has 0 spiro atoms. The van der Waals surface area contributed by atoms with Crippen LogP contribution in [0.15, 0.2) is 12.3 Å². The van der Waals surface area contributed by atoms with E-state index in [9.17, 15) is 0 Å². The van der Waals surface area contributed by atoms with Crippen molar-refractivity contribution in [2.75, 3.05) is 0 Å². The Kier molecular flexibility index (Phi) is 5.97. The van der Waals surface area contributed by atoms with Crippen LogP contribution in [0.4, 0.5) is 0 Å². The van der Waals surface area contributed by atoms with Crippen molar-refractivity contribution in [3.05, 3.63) is 12.3 Å². The molecule has 0 aliphatic heterocycles. The van der Waals surface area contributed by atoms with Crippen LogP contribution >= 0.6 is 0 Å². The summed E-state index contributed by atoms with van der Waals surface area (Å²) in [7, 11) is -1.87. The van der Waals surface area contributed by atoms with E-state index in [-0.39, 0.29) is 31.0 Å². The summed E-state index contributed by atoms with van der Waals surface area (Å²) in [4.78, 5) is 8.85. The van der Waals surface area contributed by atoms with Crippen LogP contribution in [0.1, 0.15) is 1.43 Å². The van der Waals surface area contributed by atoms with E-state index < -0.39 is 8.32 Å². The zero-order chi connectivity index (χ0) is 5.21. The third-order valence-electron chi connectivity index (χ3n) is 0.500. The normalized spacial score (nSPS) is 9.57. The summed E-state index contributed by atoms with van der Waals surface area (Å²) < 4.78 is 0. The average Bonchev–Trinajstić information content (AvgIpc) is 1.35. The molecule has 0 rings (SSSR count). The van der Waals surface area contributed by atoms with Gasteiger partial charge in [0.25, 0.3) is 0 Å². The number of hydrogen-bond donors (Lipinski definition) is 1. The molecule has 0 aliphatic carbocycles. The second-order valence-electron chi connectivity index (χ2n) is 1.86. The van der Waals surface area contributed by atoms with Crippen LogP contribution in [-0.4, -0.2) is 13.1 Å². The third-order valence-corrected chi connectivity index (χ3v) is 1.50. The number of rotatable bonds is 1. The Bertz CT molecular complexity index is 61.5. The van der Waals surface area contributed by atoms with Crippen LogP contribution in [-0.2, 0) is 0 Å². The van der Waals surface area contributed by atoms with E-state index in [1.54, 1.807) is 5.70 Å². The van der Waals surface area contributed by atoms with E-state index in [0.717, 1.165) is 0 Å². The molecule has 38 valence electrons. The third kappa shape index (κ3) is 10.9. The molecule has 0 saturated carbocycles. The molecule has 0 bridgehead atoms. The van der Waals surface area contributed by atoms with Crippen molar-refractivity contribution < 1.29 is 35.8 Å². The summed E-state index contributed by atoms with van der Waals surface area (Å²) in [6, 6.07) is 0. The average molecular weight is 126 g/mol. The molecular weight excluding hydrogens is 115 g/mol.